The van der Waals surface area contributed by atoms with E-state index in [0.29, 0.717) is 6.61 Å². The molecule has 2 amide bonds. The number of amides is 2. The Morgan fingerprint density at radius 1 is 0.848 bits per heavy atom. The molecule has 0 aliphatic carbocycles. The van der Waals surface area contributed by atoms with Gasteiger partial charge in [0.15, 0.2) is 5.76 Å². The standard InChI is InChI=1S/C27H24N2O4/c30-26-25(33-27(31)28(26)19-24-12-7-17-32-24)18-20-13-15-23(16-14-20)29(21-8-3-1-4-9-21)22-10-5-2-6-11-22/h1-6,8-11,13-16,18,24H,7,12,17,19H2/b25-18+/t24-/m1/s1. The average Bonchev–Trinajstić information content (AvgIpc) is 3.46. The highest BCUT2D eigenvalue weighted by Crippen LogP contribution is 2.34. The molecule has 2 aliphatic heterocycles. The van der Waals surface area contributed by atoms with E-state index in [2.05, 4.69) is 29.2 Å². The fourth-order valence-corrected chi connectivity index (χ4v) is 4.12. The number of hydrogen-bond acceptors (Lipinski definition) is 5. The van der Waals surface area contributed by atoms with Crippen LogP contribution in [0, 0.1) is 0 Å². The van der Waals surface area contributed by atoms with Crippen molar-refractivity contribution in [3.05, 3.63) is 96.3 Å². The number of carbonyl (C=O) groups is 2. The number of imide groups is 1. The molecule has 0 bridgehead atoms. The number of rotatable bonds is 6. The first kappa shape index (κ1) is 21.0. The van der Waals surface area contributed by atoms with Gasteiger partial charge in [0.05, 0.1) is 12.6 Å². The third-order valence-corrected chi connectivity index (χ3v) is 5.76. The molecule has 166 valence electrons. The van der Waals surface area contributed by atoms with E-state index in [1.165, 1.54) is 0 Å². The minimum Gasteiger partial charge on any atom is -0.404 e. The molecule has 6 heteroatoms. The van der Waals surface area contributed by atoms with Gasteiger partial charge in [-0.1, -0.05) is 48.5 Å². The van der Waals surface area contributed by atoms with E-state index in [-0.39, 0.29) is 18.4 Å². The molecule has 3 aromatic rings. The SMILES string of the molecule is O=C1O/C(=C/c2ccc(N(c3ccccc3)c3ccccc3)cc2)C(=O)N1C[C@H]1CCCO1. The topological polar surface area (TPSA) is 59.1 Å². The number of anilines is 3. The van der Waals surface area contributed by atoms with Gasteiger partial charge in [0.2, 0.25) is 0 Å². The molecule has 0 saturated carbocycles. The maximum absolute atomic E-state index is 12.7. The lowest BCUT2D eigenvalue weighted by Gasteiger charge is -2.25. The number of benzene rings is 3. The summed E-state index contributed by atoms with van der Waals surface area (Å²) in [5.41, 5.74) is 3.83. The number of ether oxygens (including phenoxy) is 2. The van der Waals surface area contributed by atoms with Gasteiger partial charge in [-0.3, -0.25) is 4.79 Å². The Kier molecular flexibility index (Phi) is 5.91. The van der Waals surface area contributed by atoms with Gasteiger partial charge >= 0.3 is 6.09 Å². The highest BCUT2D eigenvalue weighted by molar-refractivity contribution is 6.10. The molecule has 2 heterocycles. The van der Waals surface area contributed by atoms with Crippen LogP contribution < -0.4 is 4.90 Å². The van der Waals surface area contributed by atoms with Crippen molar-refractivity contribution in [1.82, 2.24) is 4.90 Å². The zero-order valence-electron chi connectivity index (χ0n) is 18.1. The molecular weight excluding hydrogens is 416 g/mol. The third-order valence-electron chi connectivity index (χ3n) is 5.76. The average molecular weight is 440 g/mol. The van der Waals surface area contributed by atoms with E-state index in [9.17, 15) is 9.59 Å². The molecule has 2 saturated heterocycles. The summed E-state index contributed by atoms with van der Waals surface area (Å²) in [6, 6.07) is 28.0. The van der Waals surface area contributed by atoms with Gasteiger partial charge in [0, 0.05) is 23.7 Å². The number of carbonyl (C=O) groups excluding carboxylic acids is 2. The minimum absolute atomic E-state index is 0.0359. The lowest BCUT2D eigenvalue weighted by molar-refractivity contribution is -0.124. The quantitative estimate of drug-likeness (QED) is 0.463. The van der Waals surface area contributed by atoms with Crippen molar-refractivity contribution in [3.63, 3.8) is 0 Å². The van der Waals surface area contributed by atoms with Crippen molar-refractivity contribution in [2.45, 2.75) is 18.9 Å². The van der Waals surface area contributed by atoms with Crippen LogP contribution in [0.25, 0.3) is 6.08 Å². The lowest BCUT2D eigenvalue weighted by Crippen LogP contribution is -2.35. The predicted octanol–water partition coefficient (Wildman–Crippen LogP) is 5.66. The second kappa shape index (κ2) is 9.30. The van der Waals surface area contributed by atoms with E-state index in [0.717, 1.165) is 40.4 Å². The van der Waals surface area contributed by atoms with E-state index in [1.807, 2.05) is 60.7 Å². The van der Waals surface area contributed by atoms with Gasteiger partial charge in [-0.2, -0.15) is 0 Å². The summed E-state index contributed by atoms with van der Waals surface area (Å²) in [7, 11) is 0. The smallest absolute Gasteiger partial charge is 0.404 e. The molecular formula is C27H24N2O4. The van der Waals surface area contributed by atoms with Gasteiger partial charge < -0.3 is 14.4 Å². The molecule has 0 unspecified atom stereocenters. The molecule has 0 spiro atoms. The lowest BCUT2D eigenvalue weighted by atomic mass is 10.1. The Bertz CT molecular complexity index is 1110. The van der Waals surface area contributed by atoms with Crippen molar-refractivity contribution < 1.29 is 19.1 Å². The van der Waals surface area contributed by atoms with Crippen LogP contribution in [0.5, 0.6) is 0 Å². The van der Waals surface area contributed by atoms with Crippen LogP contribution in [-0.2, 0) is 14.3 Å². The number of hydrogen-bond donors (Lipinski definition) is 0. The second-order valence-corrected chi connectivity index (χ2v) is 8.03. The number of cyclic esters (lactones) is 1. The van der Waals surface area contributed by atoms with E-state index >= 15 is 0 Å². The largest absolute Gasteiger partial charge is 0.422 e. The summed E-state index contributed by atoms with van der Waals surface area (Å²) < 4.78 is 10.8. The summed E-state index contributed by atoms with van der Waals surface area (Å²) in [6.07, 6.45) is 2.64. The monoisotopic (exact) mass is 440 g/mol. The predicted molar refractivity (Wildman–Crippen MR) is 126 cm³/mol. The third kappa shape index (κ3) is 4.52. The number of nitrogens with zero attached hydrogens (tertiary/aromatic N) is 2. The fourth-order valence-electron chi connectivity index (χ4n) is 4.12. The van der Waals surface area contributed by atoms with Crippen molar-refractivity contribution in [2.24, 2.45) is 0 Å². The Hall–Kier alpha value is -3.90. The second-order valence-electron chi connectivity index (χ2n) is 8.03. The maximum Gasteiger partial charge on any atom is 0.422 e. The molecule has 5 rings (SSSR count). The van der Waals surface area contributed by atoms with Gasteiger partial charge in [-0.05, 0) is 60.9 Å². The summed E-state index contributed by atoms with van der Waals surface area (Å²) >= 11 is 0. The molecule has 2 fully saturated rings. The van der Waals surface area contributed by atoms with Crippen LogP contribution in [0.2, 0.25) is 0 Å². The van der Waals surface area contributed by atoms with Crippen LogP contribution >= 0.6 is 0 Å². The Morgan fingerprint density at radius 3 is 2.03 bits per heavy atom. The zero-order chi connectivity index (χ0) is 22.6. The van der Waals surface area contributed by atoms with Crippen LogP contribution in [0.1, 0.15) is 18.4 Å². The van der Waals surface area contributed by atoms with Crippen molar-refractivity contribution in [3.8, 4) is 0 Å². The van der Waals surface area contributed by atoms with E-state index in [1.54, 1.807) is 6.08 Å². The maximum atomic E-state index is 12.7. The molecule has 0 radical (unpaired) electrons. The van der Waals surface area contributed by atoms with Crippen LogP contribution in [0.4, 0.5) is 21.9 Å². The highest BCUT2D eigenvalue weighted by Gasteiger charge is 2.38. The van der Waals surface area contributed by atoms with Gasteiger partial charge in [-0.25, -0.2) is 9.69 Å². The van der Waals surface area contributed by atoms with Crippen molar-refractivity contribution >= 4 is 35.1 Å². The molecule has 33 heavy (non-hydrogen) atoms. The van der Waals surface area contributed by atoms with Gasteiger partial charge in [0.1, 0.15) is 0 Å². The first-order valence-corrected chi connectivity index (χ1v) is 11.1. The van der Waals surface area contributed by atoms with Crippen LogP contribution in [0.15, 0.2) is 90.7 Å². The Morgan fingerprint density at radius 2 is 1.45 bits per heavy atom. The van der Waals surface area contributed by atoms with Crippen LogP contribution in [-0.4, -0.2) is 36.2 Å². The molecule has 0 N–H and O–H groups in total. The summed E-state index contributed by atoms with van der Waals surface area (Å²) in [4.78, 5) is 28.2. The number of para-hydroxylation sites is 2. The minimum atomic E-state index is -0.641. The highest BCUT2D eigenvalue weighted by atomic mass is 16.6. The van der Waals surface area contributed by atoms with Gasteiger partial charge in [0.25, 0.3) is 5.91 Å². The molecule has 2 aliphatic rings. The van der Waals surface area contributed by atoms with Gasteiger partial charge in [-0.15, -0.1) is 0 Å². The fraction of sp³-hybridized carbons (Fsp3) is 0.185. The molecule has 1 atom stereocenters. The zero-order valence-corrected chi connectivity index (χ0v) is 18.1. The molecule has 0 aromatic heterocycles. The molecule has 6 nitrogen and oxygen atoms in total. The van der Waals surface area contributed by atoms with Crippen LogP contribution in [0.3, 0.4) is 0 Å². The van der Waals surface area contributed by atoms with E-state index in [4.69, 9.17) is 9.47 Å². The summed E-state index contributed by atoms with van der Waals surface area (Å²) in [5, 5.41) is 0. The van der Waals surface area contributed by atoms with Crippen molar-refractivity contribution in [2.75, 3.05) is 18.1 Å². The first-order chi connectivity index (χ1) is 16.2. The Labute approximate surface area is 192 Å². The summed E-state index contributed by atoms with van der Waals surface area (Å²) in [6.45, 7) is 0.900. The Balaban J connectivity index is 1.38. The normalized spacial score (nSPS) is 19.2. The first-order valence-electron chi connectivity index (χ1n) is 11.1. The van der Waals surface area contributed by atoms with E-state index < -0.39 is 12.0 Å². The van der Waals surface area contributed by atoms with Crippen molar-refractivity contribution in [1.29, 1.82) is 0 Å². The summed E-state index contributed by atoms with van der Waals surface area (Å²) in [5.74, 6) is -0.386. The molecule has 3 aromatic carbocycles.